The fraction of sp³-hybridized carbons (Fsp3) is 0.167. The third kappa shape index (κ3) is 1.81. The van der Waals surface area contributed by atoms with E-state index in [9.17, 15) is 8.42 Å². The molecular formula is C6H8N6O2S. The van der Waals surface area contributed by atoms with Crippen molar-refractivity contribution in [1.29, 1.82) is 0 Å². The fourth-order valence-corrected chi connectivity index (χ4v) is 2.15. The Hall–Kier alpha value is -1.90. The molecule has 0 aliphatic heterocycles. The van der Waals surface area contributed by atoms with E-state index in [1.807, 2.05) is 0 Å². The Morgan fingerprint density at radius 1 is 1.33 bits per heavy atom. The summed E-state index contributed by atoms with van der Waals surface area (Å²) in [6, 6.07) is 0. The molecule has 0 bridgehead atoms. The van der Waals surface area contributed by atoms with Crippen LogP contribution in [0.25, 0.3) is 0 Å². The van der Waals surface area contributed by atoms with Crippen LogP contribution in [0.5, 0.6) is 0 Å². The minimum atomic E-state index is -3.65. The molecule has 9 heteroatoms. The van der Waals surface area contributed by atoms with E-state index < -0.39 is 10.0 Å². The van der Waals surface area contributed by atoms with E-state index in [1.54, 1.807) is 6.92 Å². The van der Waals surface area contributed by atoms with Crippen LogP contribution < -0.4 is 4.72 Å². The lowest BCUT2D eigenvalue weighted by atomic mass is 10.5. The highest BCUT2D eigenvalue weighted by Crippen LogP contribution is 2.13. The zero-order chi connectivity index (χ0) is 10.9. The largest absolute Gasteiger partial charge is 0.281 e. The number of nitrogens with zero attached hydrogens (tertiary/aromatic N) is 3. The van der Waals surface area contributed by atoms with Crippen molar-refractivity contribution in [3.63, 3.8) is 0 Å². The smallest absolute Gasteiger partial charge is 0.267 e. The summed E-state index contributed by atoms with van der Waals surface area (Å²) in [5, 5.41) is 12.1. The Morgan fingerprint density at radius 2 is 2.13 bits per heavy atom. The Morgan fingerprint density at radius 3 is 2.67 bits per heavy atom. The average molecular weight is 228 g/mol. The van der Waals surface area contributed by atoms with Crippen LogP contribution in [-0.4, -0.2) is 33.8 Å². The first-order valence-electron chi connectivity index (χ1n) is 3.98. The molecule has 2 aromatic heterocycles. The van der Waals surface area contributed by atoms with Gasteiger partial charge in [0.2, 0.25) is 5.95 Å². The van der Waals surface area contributed by atoms with Gasteiger partial charge in [0.15, 0.2) is 0 Å². The molecule has 15 heavy (non-hydrogen) atoms. The van der Waals surface area contributed by atoms with Crippen molar-refractivity contribution in [2.24, 2.45) is 0 Å². The molecular weight excluding hydrogens is 220 g/mol. The number of aryl methyl sites for hydroxylation is 1. The molecule has 80 valence electrons. The van der Waals surface area contributed by atoms with Crippen LogP contribution in [0.2, 0.25) is 0 Å². The molecule has 2 heterocycles. The Bertz CT molecular complexity index is 542. The van der Waals surface area contributed by atoms with E-state index in [-0.39, 0.29) is 10.8 Å². The van der Waals surface area contributed by atoms with Crippen LogP contribution in [0.15, 0.2) is 17.4 Å². The number of anilines is 1. The van der Waals surface area contributed by atoms with E-state index in [4.69, 9.17) is 0 Å². The van der Waals surface area contributed by atoms with E-state index in [0.717, 1.165) is 0 Å². The zero-order valence-corrected chi connectivity index (χ0v) is 8.54. The maximum absolute atomic E-state index is 11.7. The average Bonchev–Trinajstić information content (AvgIpc) is 2.75. The van der Waals surface area contributed by atoms with Gasteiger partial charge in [-0.05, 0) is 6.92 Å². The number of H-pyrrole nitrogens is 2. The van der Waals surface area contributed by atoms with Gasteiger partial charge >= 0.3 is 0 Å². The van der Waals surface area contributed by atoms with Gasteiger partial charge in [-0.25, -0.2) is 18.2 Å². The number of hydrogen-bond donors (Lipinski definition) is 3. The van der Waals surface area contributed by atoms with Crippen molar-refractivity contribution < 1.29 is 8.42 Å². The SMILES string of the molecule is Cc1[nH]ncc1S(=O)(=O)Nc1ncn[nH]1. The van der Waals surface area contributed by atoms with Crippen molar-refractivity contribution in [1.82, 2.24) is 25.4 Å². The first kappa shape index (κ1) is 9.65. The summed E-state index contributed by atoms with van der Waals surface area (Å²) in [7, 11) is -3.65. The van der Waals surface area contributed by atoms with Gasteiger partial charge in [0, 0.05) is 0 Å². The number of rotatable bonds is 3. The second kappa shape index (κ2) is 3.35. The van der Waals surface area contributed by atoms with Gasteiger partial charge in [0.05, 0.1) is 11.9 Å². The third-order valence-corrected chi connectivity index (χ3v) is 3.17. The van der Waals surface area contributed by atoms with Gasteiger partial charge in [-0.2, -0.15) is 15.2 Å². The standard InChI is InChI=1S/C6H8N6O2S/c1-4-5(2-8-10-4)15(13,14)12-6-7-3-9-11-6/h2-3H,1H3,(H,8,10)(H2,7,9,11,12). The minimum Gasteiger partial charge on any atom is -0.281 e. The normalized spacial score (nSPS) is 11.5. The van der Waals surface area contributed by atoms with Crippen molar-refractivity contribution >= 4 is 16.0 Å². The molecule has 0 fully saturated rings. The van der Waals surface area contributed by atoms with Gasteiger partial charge in [-0.15, -0.1) is 0 Å². The van der Waals surface area contributed by atoms with E-state index in [1.165, 1.54) is 12.5 Å². The van der Waals surface area contributed by atoms with Crippen LogP contribution in [0.4, 0.5) is 5.95 Å². The summed E-state index contributed by atoms with van der Waals surface area (Å²) in [4.78, 5) is 3.74. The molecule has 8 nitrogen and oxygen atoms in total. The van der Waals surface area contributed by atoms with Gasteiger partial charge < -0.3 is 0 Å². The van der Waals surface area contributed by atoms with Crippen molar-refractivity contribution in [3.8, 4) is 0 Å². The molecule has 2 aromatic rings. The monoisotopic (exact) mass is 228 g/mol. The molecule has 0 saturated heterocycles. The molecule has 0 atom stereocenters. The number of hydrogen-bond acceptors (Lipinski definition) is 5. The molecule has 2 rings (SSSR count). The quantitative estimate of drug-likeness (QED) is 0.663. The highest BCUT2D eigenvalue weighted by Gasteiger charge is 2.19. The lowest BCUT2D eigenvalue weighted by Gasteiger charge is -2.02. The molecule has 0 amide bonds. The number of nitrogens with one attached hydrogen (secondary N) is 3. The number of aromatic nitrogens is 5. The van der Waals surface area contributed by atoms with Crippen LogP contribution in [0.1, 0.15) is 5.69 Å². The van der Waals surface area contributed by atoms with Gasteiger partial charge in [-0.3, -0.25) is 5.10 Å². The Labute approximate surface area is 85.2 Å². The number of aromatic amines is 2. The molecule has 0 aliphatic rings. The second-order valence-electron chi connectivity index (χ2n) is 2.80. The van der Waals surface area contributed by atoms with Gasteiger partial charge in [-0.1, -0.05) is 0 Å². The topological polar surface area (TPSA) is 116 Å². The minimum absolute atomic E-state index is 0.0654. The second-order valence-corrected chi connectivity index (χ2v) is 4.45. The molecule has 0 spiro atoms. The van der Waals surface area contributed by atoms with Crippen molar-refractivity contribution in [3.05, 3.63) is 18.2 Å². The maximum atomic E-state index is 11.7. The first-order valence-corrected chi connectivity index (χ1v) is 5.46. The molecule has 0 radical (unpaired) electrons. The van der Waals surface area contributed by atoms with Gasteiger partial charge in [0.25, 0.3) is 10.0 Å². The maximum Gasteiger partial charge on any atom is 0.267 e. The lowest BCUT2D eigenvalue weighted by Crippen LogP contribution is -2.14. The fourth-order valence-electron chi connectivity index (χ4n) is 1.05. The molecule has 3 N–H and O–H groups in total. The van der Waals surface area contributed by atoms with Crippen LogP contribution in [0.3, 0.4) is 0 Å². The van der Waals surface area contributed by atoms with Crippen molar-refractivity contribution in [2.75, 3.05) is 4.72 Å². The molecule has 0 aliphatic carbocycles. The highest BCUT2D eigenvalue weighted by molar-refractivity contribution is 7.92. The van der Waals surface area contributed by atoms with Gasteiger partial charge in [0.1, 0.15) is 11.2 Å². The molecule has 0 saturated carbocycles. The molecule has 0 unspecified atom stereocenters. The van der Waals surface area contributed by atoms with E-state index in [0.29, 0.717) is 5.69 Å². The van der Waals surface area contributed by atoms with E-state index >= 15 is 0 Å². The highest BCUT2D eigenvalue weighted by atomic mass is 32.2. The van der Waals surface area contributed by atoms with Crippen molar-refractivity contribution in [2.45, 2.75) is 11.8 Å². The van der Waals surface area contributed by atoms with Crippen LogP contribution >= 0.6 is 0 Å². The van der Waals surface area contributed by atoms with E-state index in [2.05, 4.69) is 30.1 Å². The molecule has 0 aromatic carbocycles. The summed E-state index contributed by atoms with van der Waals surface area (Å²) < 4.78 is 25.7. The Kier molecular flexibility index (Phi) is 2.15. The lowest BCUT2D eigenvalue weighted by molar-refractivity contribution is 0.600. The Balaban J connectivity index is 2.33. The first-order chi connectivity index (χ1) is 7.09. The summed E-state index contributed by atoms with van der Waals surface area (Å²) in [6.45, 7) is 1.61. The summed E-state index contributed by atoms with van der Waals surface area (Å²) >= 11 is 0. The summed E-state index contributed by atoms with van der Waals surface area (Å²) in [5.74, 6) is 0.0654. The summed E-state index contributed by atoms with van der Waals surface area (Å²) in [6.07, 6.45) is 2.44. The van der Waals surface area contributed by atoms with Crippen LogP contribution in [0, 0.1) is 6.92 Å². The summed E-state index contributed by atoms with van der Waals surface area (Å²) in [5.41, 5.74) is 0.460. The third-order valence-electron chi connectivity index (χ3n) is 1.72. The zero-order valence-electron chi connectivity index (χ0n) is 7.72. The number of sulfonamides is 1. The predicted molar refractivity (Wildman–Crippen MR) is 50.5 cm³/mol. The predicted octanol–water partition coefficient (Wildman–Crippen LogP) is -0.363. The van der Waals surface area contributed by atoms with Crippen LogP contribution in [-0.2, 0) is 10.0 Å².